The van der Waals surface area contributed by atoms with Gasteiger partial charge in [-0.1, -0.05) is 18.2 Å². The van der Waals surface area contributed by atoms with Crippen molar-refractivity contribution in [1.29, 1.82) is 0 Å². The predicted molar refractivity (Wildman–Crippen MR) is 87.9 cm³/mol. The van der Waals surface area contributed by atoms with Crippen LogP contribution in [0.25, 0.3) is 0 Å². The maximum Gasteiger partial charge on any atom is 0.296 e. The Morgan fingerprint density at radius 1 is 1.22 bits per heavy atom. The summed E-state index contributed by atoms with van der Waals surface area (Å²) in [6, 6.07) is 11.8. The van der Waals surface area contributed by atoms with Crippen molar-refractivity contribution < 1.29 is 14.5 Å². The number of benzene rings is 2. The van der Waals surface area contributed by atoms with Gasteiger partial charge in [-0.25, -0.2) is 0 Å². The predicted octanol–water partition coefficient (Wildman–Crippen LogP) is 2.96. The molecule has 0 saturated carbocycles. The van der Waals surface area contributed by atoms with Gasteiger partial charge in [0.1, 0.15) is 11.4 Å². The Hall–Kier alpha value is -3.09. The summed E-state index contributed by atoms with van der Waals surface area (Å²) in [5, 5.41) is 16.6. The summed E-state index contributed by atoms with van der Waals surface area (Å²) in [6.07, 6.45) is 0. The van der Waals surface area contributed by atoms with Gasteiger partial charge >= 0.3 is 0 Å². The van der Waals surface area contributed by atoms with E-state index in [1.807, 2.05) is 31.2 Å². The fourth-order valence-corrected chi connectivity index (χ4v) is 2.04. The number of carbonyl (C=O) groups is 1. The van der Waals surface area contributed by atoms with Crippen LogP contribution in [0, 0.1) is 17.0 Å². The average molecular weight is 315 g/mol. The van der Waals surface area contributed by atoms with Crippen LogP contribution < -0.4 is 15.4 Å². The van der Waals surface area contributed by atoms with Crippen LogP contribution >= 0.6 is 0 Å². The zero-order chi connectivity index (χ0) is 16.8. The van der Waals surface area contributed by atoms with Crippen LogP contribution in [0.15, 0.2) is 42.5 Å². The zero-order valence-corrected chi connectivity index (χ0v) is 12.8. The van der Waals surface area contributed by atoms with Crippen LogP contribution in [0.1, 0.15) is 5.56 Å². The van der Waals surface area contributed by atoms with Crippen molar-refractivity contribution in [2.75, 3.05) is 24.3 Å². The summed E-state index contributed by atoms with van der Waals surface area (Å²) in [5.74, 6) is -0.0192. The number of amides is 1. The van der Waals surface area contributed by atoms with E-state index in [0.717, 1.165) is 11.3 Å². The minimum Gasteiger partial charge on any atom is -0.496 e. The number of carbonyl (C=O) groups excluding carboxylic acids is 1. The monoisotopic (exact) mass is 315 g/mol. The number of hydrogen-bond donors (Lipinski definition) is 2. The van der Waals surface area contributed by atoms with Crippen molar-refractivity contribution in [3.05, 3.63) is 58.1 Å². The summed E-state index contributed by atoms with van der Waals surface area (Å²) in [6.45, 7) is 1.93. The highest BCUT2D eigenvalue weighted by atomic mass is 16.6. The SMILES string of the molecule is COc1ccc(NC(=O)CNc2ccccc2C)c([N+](=O)[O-])c1. The molecule has 0 aromatic heterocycles. The molecule has 7 nitrogen and oxygen atoms in total. The van der Waals surface area contributed by atoms with Crippen molar-refractivity contribution in [1.82, 2.24) is 0 Å². The normalized spacial score (nSPS) is 10.0. The Morgan fingerprint density at radius 2 is 1.96 bits per heavy atom. The maximum atomic E-state index is 12.0. The van der Waals surface area contributed by atoms with Crippen LogP contribution in [0.5, 0.6) is 5.75 Å². The number of aryl methyl sites for hydroxylation is 1. The van der Waals surface area contributed by atoms with Crippen LogP contribution in [0.4, 0.5) is 17.1 Å². The molecule has 0 atom stereocenters. The molecule has 2 aromatic carbocycles. The number of para-hydroxylation sites is 1. The molecule has 0 saturated heterocycles. The third-order valence-corrected chi connectivity index (χ3v) is 3.26. The van der Waals surface area contributed by atoms with Gasteiger partial charge in [0.25, 0.3) is 5.69 Å². The molecule has 2 aromatic rings. The first-order valence-electron chi connectivity index (χ1n) is 6.93. The van der Waals surface area contributed by atoms with E-state index >= 15 is 0 Å². The Bertz CT molecular complexity index is 731. The van der Waals surface area contributed by atoms with Gasteiger partial charge in [0, 0.05) is 5.69 Å². The van der Waals surface area contributed by atoms with Crippen molar-refractivity contribution in [3.8, 4) is 5.75 Å². The maximum absolute atomic E-state index is 12.0. The number of anilines is 2. The molecule has 0 spiro atoms. The molecule has 0 aliphatic carbocycles. The molecule has 120 valence electrons. The standard InChI is InChI=1S/C16H17N3O4/c1-11-5-3-4-6-13(11)17-10-16(20)18-14-8-7-12(23-2)9-15(14)19(21)22/h3-9,17H,10H2,1-2H3,(H,18,20). The summed E-state index contributed by atoms with van der Waals surface area (Å²) in [7, 11) is 1.42. The topological polar surface area (TPSA) is 93.5 Å². The highest BCUT2D eigenvalue weighted by Gasteiger charge is 2.17. The smallest absolute Gasteiger partial charge is 0.296 e. The number of nitro benzene ring substituents is 1. The lowest BCUT2D eigenvalue weighted by atomic mass is 10.2. The first-order chi connectivity index (χ1) is 11.0. The van der Waals surface area contributed by atoms with Crippen molar-refractivity contribution in [3.63, 3.8) is 0 Å². The largest absolute Gasteiger partial charge is 0.496 e. The van der Waals surface area contributed by atoms with Gasteiger partial charge in [-0.3, -0.25) is 14.9 Å². The second kappa shape index (κ2) is 7.26. The van der Waals surface area contributed by atoms with E-state index in [4.69, 9.17) is 4.74 Å². The molecule has 0 heterocycles. The summed E-state index contributed by atoms with van der Waals surface area (Å²) >= 11 is 0. The Kier molecular flexibility index (Phi) is 5.14. The molecule has 1 amide bonds. The van der Waals surface area contributed by atoms with Crippen LogP contribution in [0.3, 0.4) is 0 Å². The van der Waals surface area contributed by atoms with Gasteiger partial charge in [-0.15, -0.1) is 0 Å². The molecular weight excluding hydrogens is 298 g/mol. The van der Waals surface area contributed by atoms with Crippen molar-refractivity contribution in [2.45, 2.75) is 6.92 Å². The minimum atomic E-state index is -0.563. The number of ether oxygens (including phenoxy) is 1. The van der Waals surface area contributed by atoms with Crippen LogP contribution in [0.2, 0.25) is 0 Å². The number of rotatable bonds is 6. The van der Waals surface area contributed by atoms with Gasteiger partial charge < -0.3 is 15.4 Å². The molecule has 2 rings (SSSR count). The van der Waals surface area contributed by atoms with E-state index in [1.165, 1.54) is 19.2 Å². The Balaban J connectivity index is 2.05. The lowest BCUT2D eigenvalue weighted by Gasteiger charge is -2.10. The number of nitro groups is 1. The Labute approximate surface area is 133 Å². The Morgan fingerprint density at radius 3 is 2.61 bits per heavy atom. The fraction of sp³-hybridized carbons (Fsp3) is 0.188. The minimum absolute atomic E-state index is 0.00797. The quantitative estimate of drug-likeness (QED) is 0.631. The molecule has 0 bridgehead atoms. The second-order valence-corrected chi connectivity index (χ2v) is 4.86. The molecule has 0 radical (unpaired) electrons. The highest BCUT2D eigenvalue weighted by Crippen LogP contribution is 2.28. The van der Waals surface area contributed by atoms with Crippen molar-refractivity contribution in [2.24, 2.45) is 0 Å². The molecule has 7 heteroatoms. The molecule has 2 N–H and O–H groups in total. The highest BCUT2D eigenvalue weighted by molar-refractivity contribution is 5.96. The first kappa shape index (κ1) is 16.3. The summed E-state index contributed by atoms with van der Waals surface area (Å²) in [4.78, 5) is 22.5. The van der Waals surface area contributed by atoms with E-state index in [-0.39, 0.29) is 23.8 Å². The molecule has 0 fully saturated rings. The van der Waals surface area contributed by atoms with Crippen LogP contribution in [-0.2, 0) is 4.79 Å². The number of hydrogen-bond acceptors (Lipinski definition) is 5. The third-order valence-electron chi connectivity index (χ3n) is 3.26. The van der Waals surface area contributed by atoms with Crippen LogP contribution in [-0.4, -0.2) is 24.5 Å². The lowest BCUT2D eigenvalue weighted by molar-refractivity contribution is -0.384. The van der Waals surface area contributed by atoms with Gasteiger partial charge in [0.05, 0.1) is 24.6 Å². The van der Waals surface area contributed by atoms with Gasteiger partial charge in [-0.05, 0) is 30.7 Å². The number of methoxy groups -OCH3 is 1. The third kappa shape index (κ3) is 4.19. The summed E-state index contributed by atoms with van der Waals surface area (Å²) < 4.78 is 4.95. The molecule has 0 aliphatic rings. The van der Waals surface area contributed by atoms with Gasteiger partial charge in [0.15, 0.2) is 0 Å². The zero-order valence-electron chi connectivity index (χ0n) is 12.8. The number of nitrogens with zero attached hydrogens (tertiary/aromatic N) is 1. The van der Waals surface area contributed by atoms with E-state index < -0.39 is 4.92 Å². The number of nitrogens with one attached hydrogen (secondary N) is 2. The second-order valence-electron chi connectivity index (χ2n) is 4.86. The van der Waals surface area contributed by atoms with Gasteiger partial charge in [0.2, 0.25) is 5.91 Å². The van der Waals surface area contributed by atoms with E-state index in [0.29, 0.717) is 5.75 Å². The first-order valence-corrected chi connectivity index (χ1v) is 6.93. The van der Waals surface area contributed by atoms with Gasteiger partial charge in [-0.2, -0.15) is 0 Å². The summed E-state index contributed by atoms with van der Waals surface area (Å²) in [5.41, 5.74) is 1.77. The lowest BCUT2D eigenvalue weighted by Crippen LogP contribution is -2.22. The van der Waals surface area contributed by atoms with E-state index in [2.05, 4.69) is 10.6 Å². The molecular formula is C16H17N3O4. The van der Waals surface area contributed by atoms with E-state index in [9.17, 15) is 14.9 Å². The van der Waals surface area contributed by atoms with Crippen molar-refractivity contribution >= 4 is 23.0 Å². The molecule has 0 aliphatic heterocycles. The molecule has 23 heavy (non-hydrogen) atoms. The molecule has 0 unspecified atom stereocenters. The average Bonchev–Trinajstić information content (AvgIpc) is 2.54. The van der Waals surface area contributed by atoms with E-state index in [1.54, 1.807) is 6.07 Å². The fourth-order valence-electron chi connectivity index (χ4n) is 2.04.